The lowest BCUT2D eigenvalue weighted by Gasteiger charge is -2.31. The first-order valence-electron chi connectivity index (χ1n) is 22.4. The number of hydrogen-bond acceptors (Lipinski definition) is 14. The number of carbonyl (C=O) groups excluding carboxylic acids is 8. The van der Waals surface area contributed by atoms with E-state index in [1.165, 1.54) is 24.3 Å². The molecule has 1 fully saturated rings. The topological polar surface area (TPSA) is 456 Å². The van der Waals surface area contributed by atoms with E-state index in [1.807, 2.05) is 0 Å². The van der Waals surface area contributed by atoms with Crippen molar-refractivity contribution in [3.05, 3.63) is 40.3 Å². The van der Waals surface area contributed by atoms with Crippen molar-refractivity contribution in [2.24, 2.45) is 16.8 Å². The predicted octanol–water partition coefficient (Wildman–Crippen LogP) is -1.86. The number of benzene rings is 1. The molecule has 0 radical (unpaired) electrons. The van der Waals surface area contributed by atoms with E-state index in [0.717, 1.165) is 4.90 Å². The molecule has 1 aliphatic heterocycles. The third kappa shape index (κ3) is 20.6. The van der Waals surface area contributed by atoms with E-state index < -0.39 is 164 Å². The van der Waals surface area contributed by atoms with Gasteiger partial charge in [-0.25, -0.2) is 0 Å². The van der Waals surface area contributed by atoms with Crippen LogP contribution in [-0.2, 0) is 64.0 Å². The van der Waals surface area contributed by atoms with Crippen LogP contribution in [0.5, 0.6) is 5.75 Å². The van der Waals surface area contributed by atoms with E-state index in [0.29, 0.717) is 5.56 Å². The third-order valence-corrected chi connectivity index (χ3v) is 10.8. The number of phenolic OH excluding ortho intramolecular Hbond substituents is 1. The molecular formula is C44H59N11O17. The zero-order valence-corrected chi connectivity index (χ0v) is 39.3. The highest BCUT2D eigenvalue weighted by Gasteiger charge is 2.41. The van der Waals surface area contributed by atoms with Gasteiger partial charge in [0, 0.05) is 43.6 Å². The van der Waals surface area contributed by atoms with Gasteiger partial charge >= 0.3 is 23.9 Å². The monoisotopic (exact) mass is 1010 g/mol. The van der Waals surface area contributed by atoms with Crippen LogP contribution in [0.3, 0.4) is 0 Å². The number of aromatic hydroxyl groups is 1. The van der Waals surface area contributed by atoms with Crippen molar-refractivity contribution < 1.29 is 83.1 Å². The first-order chi connectivity index (χ1) is 33.9. The Bertz CT molecular complexity index is 2280. The second kappa shape index (κ2) is 29.5. The Labute approximate surface area is 411 Å². The van der Waals surface area contributed by atoms with Crippen molar-refractivity contribution in [3.8, 4) is 18.1 Å². The van der Waals surface area contributed by atoms with E-state index in [9.17, 15) is 78.0 Å². The number of likely N-dealkylation sites (tertiary alicyclic amines) is 1. The lowest BCUT2D eigenvalue weighted by Crippen LogP contribution is -2.60. The van der Waals surface area contributed by atoms with Crippen LogP contribution in [0.2, 0.25) is 0 Å². The van der Waals surface area contributed by atoms with Crippen molar-refractivity contribution in [3.63, 3.8) is 0 Å². The first-order valence-corrected chi connectivity index (χ1v) is 22.4. The number of nitrogens with one attached hydrogen (secondary N) is 6. The smallest absolute Gasteiger partial charge is 0.305 e. The highest BCUT2D eigenvalue weighted by molar-refractivity contribution is 5.99. The van der Waals surface area contributed by atoms with Crippen LogP contribution in [0.1, 0.15) is 90.0 Å². The molecule has 0 saturated carbocycles. The lowest BCUT2D eigenvalue weighted by molar-refractivity contribution is -0.144. The largest absolute Gasteiger partial charge is 0.508 e. The van der Waals surface area contributed by atoms with Crippen molar-refractivity contribution in [1.29, 1.82) is 0 Å². The number of amides is 8. The van der Waals surface area contributed by atoms with Crippen molar-refractivity contribution in [1.82, 2.24) is 36.8 Å². The van der Waals surface area contributed by atoms with Crippen LogP contribution in [0.4, 0.5) is 0 Å². The number of carboxylic acids is 4. The van der Waals surface area contributed by atoms with E-state index in [4.69, 9.17) is 22.8 Å². The molecule has 0 aliphatic carbocycles. The van der Waals surface area contributed by atoms with Gasteiger partial charge in [0.1, 0.15) is 54.1 Å². The molecule has 0 aromatic heterocycles. The van der Waals surface area contributed by atoms with Gasteiger partial charge in [-0.15, -0.1) is 12.3 Å². The molecule has 1 aliphatic rings. The number of primary amides is 1. The summed E-state index contributed by atoms with van der Waals surface area (Å²) in [6, 6.07) is -7.60. The normalized spacial score (nSPS) is 15.8. The molecule has 28 heteroatoms. The molecule has 0 bridgehead atoms. The zero-order valence-electron chi connectivity index (χ0n) is 39.3. The zero-order chi connectivity index (χ0) is 54.2. The molecule has 13 N–H and O–H groups in total. The summed E-state index contributed by atoms with van der Waals surface area (Å²) < 4.78 is 0. The van der Waals surface area contributed by atoms with E-state index in [-0.39, 0.29) is 50.3 Å². The van der Waals surface area contributed by atoms with E-state index >= 15 is 0 Å². The molecule has 1 saturated heterocycles. The van der Waals surface area contributed by atoms with E-state index in [1.54, 1.807) is 13.8 Å². The van der Waals surface area contributed by atoms with Crippen LogP contribution < -0.4 is 37.6 Å². The molecule has 72 heavy (non-hydrogen) atoms. The number of phenols is 1. The molecule has 1 aromatic rings. The molecule has 0 spiro atoms. The number of terminal acetylenes is 1. The Morgan fingerprint density at radius 3 is 1.75 bits per heavy atom. The SMILES string of the molecule is C#CC[C@H](NC(=O)[C@H](CCC(=O)O)NC(=O)[C@H](CC(C)C)NC(=O)[C@@H]1CCCN1C(=O)[C@H](CCC(=O)O)NC(=O)[C@H](CC(=O)O)NC(=O)[C@H](Cc1ccc(O)cc1)NC(=O)C(CCC(=O)O)N=[N+]=[N-])C(N)=O. The summed E-state index contributed by atoms with van der Waals surface area (Å²) in [6.07, 6.45) is -0.0325. The molecule has 8 amide bonds. The Morgan fingerprint density at radius 2 is 1.21 bits per heavy atom. The average Bonchev–Trinajstić information content (AvgIpc) is 3.80. The Morgan fingerprint density at radius 1 is 0.708 bits per heavy atom. The van der Waals surface area contributed by atoms with Crippen LogP contribution in [0.15, 0.2) is 29.4 Å². The van der Waals surface area contributed by atoms with Crippen LogP contribution in [0.25, 0.3) is 10.4 Å². The van der Waals surface area contributed by atoms with Gasteiger partial charge in [0.15, 0.2) is 0 Å². The standard InChI is InChI=1S/C44H59N11O17/c1-4-6-25(37(45)65)47-38(66)26(12-15-33(57)58)48-40(68)29(19-22(2)3)52-43(71)32-7-5-18-55(32)44(72)28(14-17-35(61)62)49-42(70)31(21-36(63)64)51-41(69)30(20-23-8-10-24(56)11-9-23)50-39(67)27(53-54-46)13-16-34(59)60/h1,8-11,22,25-32,56H,5-7,12-21H2,2-3H3,(H2,45,65)(H,47,66)(H,48,68)(H,49,70)(H,50,67)(H,51,69)(H,52,71)(H,57,58)(H,59,60)(H,61,62)(H,63,64)/t25-,26-,27?,28-,29-,30-,31-,32-/m0/s1. The van der Waals surface area contributed by atoms with Gasteiger partial charge in [-0.3, -0.25) is 57.5 Å². The minimum Gasteiger partial charge on any atom is -0.508 e. The maximum Gasteiger partial charge on any atom is 0.305 e. The summed E-state index contributed by atoms with van der Waals surface area (Å²) in [6.45, 7) is 3.25. The molecule has 2 rings (SSSR count). The maximum absolute atomic E-state index is 14.3. The van der Waals surface area contributed by atoms with Gasteiger partial charge in [-0.2, -0.15) is 0 Å². The molecule has 1 unspecified atom stereocenters. The Balaban J connectivity index is 2.44. The molecule has 8 atom stereocenters. The second-order valence-electron chi connectivity index (χ2n) is 17.0. The number of rotatable bonds is 31. The fraction of sp³-hybridized carbons (Fsp3) is 0.545. The minimum atomic E-state index is -2.03. The molecule has 28 nitrogen and oxygen atoms in total. The summed E-state index contributed by atoms with van der Waals surface area (Å²) in [4.78, 5) is 158. The second-order valence-corrected chi connectivity index (χ2v) is 17.0. The highest BCUT2D eigenvalue weighted by Crippen LogP contribution is 2.21. The van der Waals surface area contributed by atoms with Crippen LogP contribution in [0, 0.1) is 18.3 Å². The molecular weight excluding hydrogens is 955 g/mol. The van der Waals surface area contributed by atoms with Gasteiger partial charge in [-0.05, 0) is 67.7 Å². The van der Waals surface area contributed by atoms with Crippen LogP contribution in [-0.4, -0.2) is 156 Å². The van der Waals surface area contributed by atoms with Gasteiger partial charge < -0.3 is 68.1 Å². The quantitative estimate of drug-likeness (QED) is 0.0168. The van der Waals surface area contributed by atoms with Gasteiger partial charge in [0.2, 0.25) is 47.3 Å². The number of nitrogens with zero attached hydrogens (tertiary/aromatic N) is 4. The van der Waals surface area contributed by atoms with Gasteiger partial charge in [0.25, 0.3) is 0 Å². The van der Waals surface area contributed by atoms with Crippen molar-refractivity contribution >= 4 is 71.1 Å². The number of hydrogen-bond donors (Lipinski definition) is 12. The minimum absolute atomic E-state index is 0.0107. The fourth-order valence-corrected chi connectivity index (χ4v) is 7.26. The number of azide groups is 1. The van der Waals surface area contributed by atoms with Gasteiger partial charge in [-0.1, -0.05) is 31.1 Å². The predicted molar refractivity (Wildman–Crippen MR) is 246 cm³/mol. The Kier molecular flexibility index (Phi) is 24.5. The highest BCUT2D eigenvalue weighted by atomic mass is 16.4. The van der Waals surface area contributed by atoms with Gasteiger partial charge in [0.05, 0.1) is 6.42 Å². The van der Waals surface area contributed by atoms with E-state index in [2.05, 4.69) is 47.8 Å². The molecule has 1 heterocycles. The summed E-state index contributed by atoms with van der Waals surface area (Å²) in [5, 5.41) is 64.7. The molecule has 1 aromatic carbocycles. The van der Waals surface area contributed by atoms with Crippen molar-refractivity contribution in [2.75, 3.05) is 6.54 Å². The Hall–Kier alpha value is -8.47. The summed E-state index contributed by atoms with van der Waals surface area (Å²) in [5.41, 5.74) is 14.6. The summed E-state index contributed by atoms with van der Waals surface area (Å²) >= 11 is 0. The summed E-state index contributed by atoms with van der Waals surface area (Å²) in [7, 11) is 0. The number of aliphatic carboxylic acids is 4. The number of nitrogens with two attached hydrogens (primary N) is 1. The van der Waals surface area contributed by atoms with Crippen molar-refractivity contribution in [2.45, 2.75) is 139 Å². The number of carboxylic acid groups (broad SMARTS) is 4. The third-order valence-electron chi connectivity index (χ3n) is 10.8. The van der Waals surface area contributed by atoms with Crippen LogP contribution >= 0.6 is 0 Å². The first kappa shape index (κ1) is 59.7. The lowest BCUT2D eigenvalue weighted by atomic mass is 10.0. The summed E-state index contributed by atoms with van der Waals surface area (Å²) in [5.74, 6) is -12.6. The molecule has 392 valence electrons. The number of carbonyl (C=O) groups is 12. The fourth-order valence-electron chi connectivity index (χ4n) is 7.26. The average molecular weight is 1010 g/mol. The maximum atomic E-state index is 14.3.